The number of esters is 1. The van der Waals surface area contributed by atoms with Crippen molar-refractivity contribution in [2.24, 2.45) is 0 Å². The number of benzene rings is 2. The quantitative estimate of drug-likeness (QED) is 0.365. The molecule has 0 bridgehead atoms. The number of aliphatic hydroxyl groups excluding tert-OH is 1. The molecule has 190 valence electrons. The number of rotatable bonds is 11. The van der Waals surface area contributed by atoms with Gasteiger partial charge in [-0.2, -0.15) is 0 Å². The van der Waals surface area contributed by atoms with Crippen molar-refractivity contribution in [3.05, 3.63) is 58.1 Å². The fourth-order valence-electron chi connectivity index (χ4n) is 5.09. The normalized spacial score (nSPS) is 14.7. The molecule has 2 aromatic rings. The lowest BCUT2D eigenvalue weighted by Crippen LogP contribution is -2.25. The van der Waals surface area contributed by atoms with E-state index in [1.165, 1.54) is 22.4 Å². The van der Waals surface area contributed by atoms with Crippen molar-refractivity contribution in [1.82, 2.24) is 0 Å². The Morgan fingerprint density at radius 2 is 1.86 bits per heavy atom. The lowest BCUT2D eigenvalue weighted by atomic mass is 9.89. The number of hydrogen-bond acceptors (Lipinski definition) is 6. The molecule has 1 aliphatic heterocycles. The Morgan fingerprint density at radius 3 is 2.51 bits per heavy atom. The van der Waals surface area contributed by atoms with E-state index in [4.69, 9.17) is 9.47 Å². The molecule has 2 aromatic carbocycles. The predicted octanol–water partition coefficient (Wildman–Crippen LogP) is 4.86. The number of Topliss-reactive ketones (excluding diaryl/α,β-unsaturated/α-hetero) is 1. The van der Waals surface area contributed by atoms with E-state index in [2.05, 4.69) is 63.9 Å². The topological polar surface area (TPSA) is 76.1 Å². The third-order valence-electron chi connectivity index (χ3n) is 6.63. The third-order valence-corrected chi connectivity index (χ3v) is 6.63. The number of carbonyl (C=O) groups excluding carboxylic acids is 2. The number of ether oxygens (including phenoxy) is 2. The number of carbonyl (C=O) groups is 2. The minimum absolute atomic E-state index is 0.0565. The SMILES string of the molecule is CCOC(=O)CC(=O)CC(O)CCc1c(C)c(N(C)Cc2ccccc2)c(C)c2c1OC(C)(C)C2. The molecule has 6 heteroatoms. The van der Waals surface area contributed by atoms with Crippen molar-refractivity contribution in [2.75, 3.05) is 18.6 Å². The van der Waals surface area contributed by atoms with Crippen LogP contribution in [0, 0.1) is 13.8 Å². The van der Waals surface area contributed by atoms with Crippen molar-refractivity contribution >= 4 is 17.4 Å². The summed E-state index contributed by atoms with van der Waals surface area (Å²) in [5, 5.41) is 10.6. The molecule has 1 N–H and O–H groups in total. The van der Waals surface area contributed by atoms with Crippen LogP contribution in [-0.2, 0) is 33.7 Å². The smallest absolute Gasteiger partial charge is 0.313 e. The largest absolute Gasteiger partial charge is 0.487 e. The summed E-state index contributed by atoms with van der Waals surface area (Å²) in [7, 11) is 2.11. The van der Waals surface area contributed by atoms with Crippen molar-refractivity contribution in [1.29, 1.82) is 0 Å². The van der Waals surface area contributed by atoms with E-state index in [-0.39, 0.29) is 30.8 Å². The number of anilines is 1. The Labute approximate surface area is 209 Å². The third kappa shape index (κ3) is 6.63. The first kappa shape index (κ1) is 26.7. The first-order valence-corrected chi connectivity index (χ1v) is 12.5. The zero-order valence-electron chi connectivity index (χ0n) is 21.9. The first-order chi connectivity index (χ1) is 16.5. The lowest BCUT2D eigenvalue weighted by molar-refractivity contribution is -0.145. The van der Waals surface area contributed by atoms with Gasteiger partial charge in [0.15, 0.2) is 0 Å². The van der Waals surface area contributed by atoms with E-state index in [1.54, 1.807) is 6.92 Å². The summed E-state index contributed by atoms with van der Waals surface area (Å²) in [4.78, 5) is 26.0. The van der Waals surface area contributed by atoms with Gasteiger partial charge in [-0.1, -0.05) is 30.3 Å². The van der Waals surface area contributed by atoms with E-state index in [0.717, 1.165) is 29.8 Å². The molecule has 0 spiro atoms. The Bertz CT molecular complexity index is 1060. The summed E-state index contributed by atoms with van der Waals surface area (Å²) in [6.07, 6.45) is 0.650. The van der Waals surface area contributed by atoms with Gasteiger partial charge >= 0.3 is 5.97 Å². The van der Waals surface area contributed by atoms with Gasteiger partial charge in [0.1, 0.15) is 23.6 Å². The van der Waals surface area contributed by atoms with Crippen LogP contribution in [0.4, 0.5) is 5.69 Å². The molecule has 1 atom stereocenters. The number of hydrogen-bond donors (Lipinski definition) is 1. The highest BCUT2D eigenvalue weighted by Gasteiger charge is 2.36. The highest BCUT2D eigenvalue weighted by Crippen LogP contribution is 2.46. The van der Waals surface area contributed by atoms with E-state index < -0.39 is 12.1 Å². The summed E-state index contributed by atoms with van der Waals surface area (Å²) in [5.41, 5.74) is 6.82. The van der Waals surface area contributed by atoms with Gasteiger partial charge in [0.2, 0.25) is 0 Å². The second-order valence-corrected chi connectivity index (χ2v) is 10.2. The van der Waals surface area contributed by atoms with E-state index >= 15 is 0 Å². The van der Waals surface area contributed by atoms with Gasteiger partial charge in [-0.05, 0) is 69.7 Å². The molecule has 6 nitrogen and oxygen atoms in total. The zero-order valence-corrected chi connectivity index (χ0v) is 21.9. The van der Waals surface area contributed by atoms with Crippen LogP contribution in [-0.4, -0.2) is 42.2 Å². The highest BCUT2D eigenvalue weighted by molar-refractivity contribution is 5.95. The van der Waals surface area contributed by atoms with Gasteiger partial charge in [-0.25, -0.2) is 0 Å². The van der Waals surface area contributed by atoms with Crippen molar-refractivity contribution in [2.45, 2.75) is 85.0 Å². The number of ketones is 1. The average Bonchev–Trinajstić information content (AvgIpc) is 3.09. The molecular weight excluding hydrogens is 442 g/mol. The molecule has 0 fully saturated rings. The maximum absolute atomic E-state index is 12.2. The zero-order chi connectivity index (χ0) is 25.8. The summed E-state index contributed by atoms with van der Waals surface area (Å²) in [5.74, 6) is 0.0769. The summed E-state index contributed by atoms with van der Waals surface area (Å²) < 4.78 is 11.2. The Morgan fingerprint density at radius 1 is 1.17 bits per heavy atom. The maximum atomic E-state index is 12.2. The van der Waals surface area contributed by atoms with Gasteiger partial charge in [-0.3, -0.25) is 9.59 Å². The molecule has 0 aliphatic carbocycles. The number of nitrogens with zero attached hydrogens (tertiary/aromatic N) is 1. The molecule has 3 rings (SSSR count). The molecule has 35 heavy (non-hydrogen) atoms. The minimum atomic E-state index is -0.826. The van der Waals surface area contributed by atoms with Crippen LogP contribution in [0.15, 0.2) is 30.3 Å². The van der Waals surface area contributed by atoms with Crippen LogP contribution in [0.1, 0.15) is 67.9 Å². The van der Waals surface area contributed by atoms with E-state index in [1.807, 2.05) is 6.07 Å². The molecule has 0 saturated heterocycles. The summed E-state index contributed by atoms with van der Waals surface area (Å²) >= 11 is 0. The lowest BCUT2D eigenvalue weighted by Gasteiger charge is -2.28. The molecule has 0 saturated carbocycles. The van der Waals surface area contributed by atoms with Crippen molar-refractivity contribution < 1.29 is 24.2 Å². The van der Waals surface area contributed by atoms with Crippen LogP contribution in [0.3, 0.4) is 0 Å². The second-order valence-electron chi connectivity index (χ2n) is 10.2. The number of fused-ring (bicyclic) bond motifs is 1. The molecule has 0 aromatic heterocycles. The van der Waals surface area contributed by atoms with Crippen LogP contribution in [0.25, 0.3) is 0 Å². The summed E-state index contributed by atoms with van der Waals surface area (Å²) in [6, 6.07) is 10.4. The Balaban J connectivity index is 1.83. The van der Waals surface area contributed by atoms with Gasteiger partial charge in [-0.15, -0.1) is 0 Å². The predicted molar refractivity (Wildman–Crippen MR) is 138 cm³/mol. The molecule has 1 aliphatic rings. The van der Waals surface area contributed by atoms with E-state index in [0.29, 0.717) is 12.8 Å². The van der Waals surface area contributed by atoms with Gasteiger partial charge in [0.05, 0.1) is 12.7 Å². The van der Waals surface area contributed by atoms with Crippen LogP contribution < -0.4 is 9.64 Å². The molecule has 1 heterocycles. The second kappa shape index (κ2) is 11.3. The molecule has 1 unspecified atom stereocenters. The monoisotopic (exact) mass is 481 g/mol. The molecule has 0 amide bonds. The van der Waals surface area contributed by atoms with Crippen LogP contribution in [0.5, 0.6) is 5.75 Å². The van der Waals surface area contributed by atoms with Crippen molar-refractivity contribution in [3.63, 3.8) is 0 Å². The summed E-state index contributed by atoms with van der Waals surface area (Å²) in [6.45, 7) is 11.2. The van der Waals surface area contributed by atoms with E-state index in [9.17, 15) is 14.7 Å². The molecular formula is C29H39NO5. The highest BCUT2D eigenvalue weighted by atomic mass is 16.5. The first-order valence-electron chi connectivity index (χ1n) is 12.5. The van der Waals surface area contributed by atoms with Crippen molar-refractivity contribution in [3.8, 4) is 5.75 Å². The molecule has 0 radical (unpaired) electrons. The van der Waals surface area contributed by atoms with Crippen LogP contribution >= 0.6 is 0 Å². The standard InChI is InChI=1S/C29H39NO5/c1-7-34-26(33)16-23(32)15-22(31)13-14-24-19(2)27(30(6)18-21-11-9-8-10-12-21)20(3)25-17-29(4,5)35-28(24)25/h8-12,22,31H,7,13-18H2,1-6H3. The van der Waals surface area contributed by atoms with Gasteiger partial charge in [0.25, 0.3) is 0 Å². The maximum Gasteiger partial charge on any atom is 0.313 e. The fourth-order valence-corrected chi connectivity index (χ4v) is 5.09. The number of aliphatic hydroxyl groups is 1. The van der Waals surface area contributed by atoms with Gasteiger partial charge < -0.3 is 19.5 Å². The minimum Gasteiger partial charge on any atom is -0.487 e. The van der Waals surface area contributed by atoms with Crippen LogP contribution in [0.2, 0.25) is 0 Å². The fraction of sp³-hybridized carbons (Fsp3) is 0.517. The van der Waals surface area contributed by atoms with Gasteiger partial charge in [0, 0.05) is 37.7 Å². The average molecular weight is 482 g/mol. The Kier molecular flexibility index (Phi) is 8.60. The Hall–Kier alpha value is -2.86.